The quantitative estimate of drug-likeness (QED) is 0.675. The van der Waals surface area contributed by atoms with E-state index in [0.29, 0.717) is 24.4 Å². The van der Waals surface area contributed by atoms with Crippen molar-refractivity contribution >= 4 is 17.5 Å². The first kappa shape index (κ1) is 21.9. The van der Waals surface area contributed by atoms with Gasteiger partial charge in [-0.1, -0.05) is 12.1 Å². The topological polar surface area (TPSA) is 74.8 Å². The van der Waals surface area contributed by atoms with E-state index in [9.17, 15) is 9.59 Å². The SMILES string of the molecule is COCCN(C(=O)Nc1cccc(C(C)=O)c1)C1CCN(Cc2ccncc2)CC1. The van der Waals surface area contributed by atoms with Crippen LogP contribution in [0.3, 0.4) is 0 Å². The number of pyridine rings is 1. The van der Waals surface area contributed by atoms with Crippen LogP contribution in [-0.4, -0.2) is 66.0 Å². The van der Waals surface area contributed by atoms with Crippen LogP contribution in [-0.2, 0) is 11.3 Å². The Morgan fingerprint density at radius 1 is 1.20 bits per heavy atom. The van der Waals surface area contributed by atoms with Crippen molar-refractivity contribution in [1.29, 1.82) is 0 Å². The molecule has 0 atom stereocenters. The molecule has 1 N–H and O–H groups in total. The number of hydrogen-bond donors (Lipinski definition) is 1. The van der Waals surface area contributed by atoms with Gasteiger partial charge in [-0.2, -0.15) is 0 Å². The minimum absolute atomic E-state index is 0.0242. The zero-order valence-electron chi connectivity index (χ0n) is 17.7. The smallest absolute Gasteiger partial charge is 0.322 e. The summed E-state index contributed by atoms with van der Waals surface area (Å²) in [6, 6.07) is 11.1. The summed E-state index contributed by atoms with van der Waals surface area (Å²) >= 11 is 0. The van der Waals surface area contributed by atoms with Crippen LogP contribution in [0.15, 0.2) is 48.8 Å². The fourth-order valence-corrected chi connectivity index (χ4v) is 3.79. The molecular weight excluding hydrogens is 380 g/mol. The number of benzene rings is 1. The van der Waals surface area contributed by atoms with E-state index in [1.54, 1.807) is 31.4 Å². The number of nitrogens with one attached hydrogen (secondary N) is 1. The van der Waals surface area contributed by atoms with E-state index in [1.165, 1.54) is 12.5 Å². The third-order valence-electron chi connectivity index (χ3n) is 5.47. The Morgan fingerprint density at radius 3 is 2.60 bits per heavy atom. The van der Waals surface area contributed by atoms with Gasteiger partial charge in [-0.05, 0) is 49.6 Å². The number of anilines is 1. The first-order valence-electron chi connectivity index (χ1n) is 10.4. The second-order valence-electron chi connectivity index (χ2n) is 7.62. The summed E-state index contributed by atoms with van der Waals surface area (Å²) in [5, 5.41) is 2.95. The molecule has 30 heavy (non-hydrogen) atoms. The molecule has 0 spiro atoms. The van der Waals surface area contributed by atoms with E-state index in [0.717, 1.165) is 32.5 Å². The monoisotopic (exact) mass is 410 g/mol. The number of nitrogens with zero attached hydrogens (tertiary/aromatic N) is 3. The van der Waals surface area contributed by atoms with Gasteiger partial charge < -0.3 is 15.0 Å². The van der Waals surface area contributed by atoms with E-state index in [1.807, 2.05) is 29.4 Å². The Balaban J connectivity index is 1.60. The molecule has 1 aliphatic rings. The second kappa shape index (κ2) is 10.8. The molecule has 1 fully saturated rings. The van der Waals surface area contributed by atoms with Crippen LogP contribution >= 0.6 is 0 Å². The van der Waals surface area contributed by atoms with Gasteiger partial charge >= 0.3 is 6.03 Å². The van der Waals surface area contributed by atoms with E-state index < -0.39 is 0 Å². The highest BCUT2D eigenvalue weighted by Gasteiger charge is 2.28. The Morgan fingerprint density at radius 2 is 1.93 bits per heavy atom. The van der Waals surface area contributed by atoms with Gasteiger partial charge in [0.25, 0.3) is 0 Å². The van der Waals surface area contributed by atoms with Crippen LogP contribution < -0.4 is 5.32 Å². The Kier molecular flexibility index (Phi) is 7.93. The molecule has 2 heterocycles. The highest BCUT2D eigenvalue weighted by Crippen LogP contribution is 2.20. The normalized spacial score (nSPS) is 15.0. The van der Waals surface area contributed by atoms with Crippen LogP contribution in [0.5, 0.6) is 0 Å². The Labute approximate surface area is 178 Å². The molecule has 0 aliphatic carbocycles. The molecule has 0 radical (unpaired) electrons. The fourth-order valence-electron chi connectivity index (χ4n) is 3.79. The maximum Gasteiger partial charge on any atom is 0.322 e. The van der Waals surface area contributed by atoms with Crippen LogP contribution in [0.25, 0.3) is 0 Å². The highest BCUT2D eigenvalue weighted by atomic mass is 16.5. The number of aromatic nitrogens is 1. The number of likely N-dealkylation sites (tertiary alicyclic amines) is 1. The predicted octanol–water partition coefficient (Wildman–Crippen LogP) is 3.43. The van der Waals surface area contributed by atoms with E-state index in [4.69, 9.17) is 4.74 Å². The molecule has 0 saturated carbocycles. The molecule has 7 heteroatoms. The van der Waals surface area contributed by atoms with Crippen molar-refractivity contribution in [2.75, 3.05) is 38.7 Å². The number of amides is 2. The number of piperidine rings is 1. The average Bonchev–Trinajstić information content (AvgIpc) is 2.76. The van der Waals surface area contributed by atoms with Crippen molar-refractivity contribution in [2.45, 2.75) is 32.4 Å². The minimum atomic E-state index is -0.152. The predicted molar refractivity (Wildman–Crippen MR) is 117 cm³/mol. The lowest BCUT2D eigenvalue weighted by molar-refractivity contribution is 0.0983. The summed E-state index contributed by atoms with van der Waals surface area (Å²) in [6.07, 6.45) is 5.46. The number of methoxy groups -OCH3 is 1. The number of carbonyl (C=O) groups is 2. The maximum absolute atomic E-state index is 13.0. The van der Waals surface area contributed by atoms with Gasteiger partial charge in [-0.25, -0.2) is 4.79 Å². The van der Waals surface area contributed by atoms with Crippen LogP contribution in [0.4, 0.5) is 10.5 Å². The summed E-state index contributed by atoms with van der Waals surface area (Å²) in [5.74, 6) is -0.0242. The molecule has 3 rings (SSSR count). The van der Waals surface area contributed by atoms with E-state index in [2.05, 4.69) is 15.2 Å². The maximum atomic E-state index is 13.0. The van der Waals surface area contributed by atoms with Gasteiger partial charge in [0, 0.05) is 63.0 Å². The van der Waals surface area contributed by atoms with Crippen molar-refractivity contribution in [3.63, 3.8) is 0 Å². The first-order valence-corrected chi connectivity index (χ1v) is 10.4. The minimum Gasteiger partial charge on any atom is -0.383 e. The lowest BCUT2D eigenvalue weighted by Crippen LogP contribution is -2.49. The summed E-state index contributed by atoms with van der Waals surface area (Å²) in [4.78, 5) is 33.0. The molecule has 0 unspecified atom stereocenters. The van der Waals surface area contributed by atoms with Gasteiger partial charge in [0.1, 0.15) is 0 Å². The summed E-state index contributed by atoms with van der Waals surface area (Å²) in [6.45, 7) is 5.30. The number of hydrogen-bond acceptors (Lipinski definition) is 5. The Hall–Kier alpha value is -2.77. The molecule has 0 bridgehead atoms. The van der Waals surface area contributed by atoms with Crippen molar-refractivity contribution < 1.29 is 14.3 Å². The molecule has 1 aliphatic heterocycles. The summed E-state index contributed by atoms with van der Waals surface area (Å²) < 4.78 is 5.23. The third-order valence-corrected chi connectivity index (χ3v) is 5.47. The van der Waals surface area contributed by atoms with E-state index >= 15 is 0 Å². The fraction of sp³-hybridized carbons (Fsp3) is 0.435. The van der Waals surface area contributed by atoms with Crippen LogP contribution in [0.2, 0.25) is 0 Å². The number of rotatable bonds is 8. The van der Waals surface area contributed by atoms with Crippen LogP contribution in [0, 0.1) is 0 Å². The number of ketones is 1. The van der Waals surface area contributed by atoms with Gasteiger partial charge in [0.05, 0.1) is 6.61 Å². The number of carbonyl (C=O) groups excluding carboxylic acids is 2. The lowest BCUT2D eigenvalue weighted by atomic mass is 10.0. The molecule has 1 saturated heterocycles. The molecule has 7 nitrogen and oxygen atoms in total. The largest absolute Gasteiger partial charge is 0.383 e. The molecule has 1 aromatic heterocycles. The molecule has 1 aromatic carbocycles. The summed E-state index contributed by atoms with van der Waals surface area (Å²) in [5.41, 5.74) is 2.47. The number of urea groups is 1. The van der Waals surface area contributed by atoms with Gasteiger partial charge in [-0.3, -0.25) is 14.7 Å². The molecule has 160 valence electrons. The van der Waals surface area contributed by atoms with Crippen molar-refractivity contribution in [1.82, 2.24) is 14.8 Å². The molecular formula is C23H30N4O3. The first-order chi connectivity index (χ1) is 14.6. The number of Topliss-reactive ketones (excluding diaryl/α,β-unsaturated/α-hetero) is 1. The second-order valence-corrected chi connectivity index (χ2v) is 7.62. The highest BCUT2D eigenvalue weighted by molar-refractivity contribution is 5.96. The average molecular weight is 411 g/mol. The zero-order chi connectivity index (χ0) is 21.3. The lowest BCUT2D eigenvalue weighted by Gasteiger charge is -2.38. The van der Waals surface area contributed by atoms with Crippen LogP contribution in [0.1, 0.15) is 35.7 Å². The van der Waals surface area contributed by atoms with E-state index in [-0.39, 0.29) is 17.9 Å². The summed E-state index contributed by atoms with van der Waals surface area (Å²) in [7, 11) is 1.64. The van der Waals surface area contributed by atoms with Crippen molar-refractivity contribution in [2.24, 2.45) is 0 Å². The van der Waals surface area contributed by atoms with Gasteiger partial charge in [-0.15, -0.1) is 0 Å². The third kappa shape index (κ3) is 6.11. The Bertz CT molecular complexity index is 835. The van der Waals surface area contributed by atoms with Gasteiger partial charge in [0.15, 0.2) is 5.78 Å². The van der Waals surface area contributed by atoms with Gasteiger partial charge in [0.2, 0.25) is 0 Å². The van der Waals surface area contributed by atoms with Crippen molar-refractivity contribution in [3.8, 4) is 0 Å². The zero-order valence-corrected chi connectivity index (χ0v) is 17.7. The standard InChI is InChI=1S/C23H30N4O3/c1-18(28)20-4-3-5-21(16-20)25-23(29)27(14-15-30-2)22-8-12-26(13-9-22)17-19-6-10-24-11-7-19/h3-7,10-11,16,22H,8-9,12-15,17H2,1-2H3,(H,25,29). The number of ether oxygens (including phenoxy) is 1. The molecule has 2 amide bonds. The van der Waals surface area contributed by atoms with Crippen molar-refractivity contribution in [3.05, 3.63) is 59.9 Å². The molecule has 2 aromatic rings.